The van der Waals surface area contributed by atoms with Gasteiger partial charge in [0.15, 0.2) is 17.0 Å². The molecule has 0 bridgehead atoms. The normalized spacial score (nSPS) is 20.2. The lowest BCUT2D eigenvalue weighted by molar-refractivity contribution is -0.391. The second-order valence-corrected chi connectivity index (χ2v) is 10.4. The van der Waals surface area contributed by atoms with Gasteiger partial charge in [-0.1, -0.05) is 0 Å². The molecule has 0 saturated heterocycles. The Hall–Kier alpha value is -4.22. The van der Waals surface area contributed by atoms with Crippen LogP contribution in [0.25, 0.3) is 5.65 Å². The number of rotatable bonds is 9. The highest BCUT2D eigenvalue weighted by atomic mass is 19.3. The minimum absolute atomic E-state index is 0.0152. The zero-order valence-electron chi connectivity index (χ0n) is 21.2. The Labute approximate surface area is 227 Å². The van der Waals surface area contributed by atoms with E-state index >= 15 is 0 Å². The second-order valence-electron chi connectivity index (χ2n) is 10.4. The Morgan fingerprint density at radius 1 is 1.17 bits per heavy atom. The SMILES string of the molecule is O=C(CC1CC(F)(F)C1)N[C@H](O)c1cnn2cc([C@@H](NC(=O)c3nonc3[N+](=O)[O-])C3CCC(F)(F)CC3)nc2c1. The number of nitrogens with one attached hydrogen (secondary N) is 2. The Morgan fingerprint density at radius 3 is 2.54 bits per heavy atom. The van der Waals surface area contributed by atoms with Crippen LogP contribution in [0.3, 0.4) is 0 Å². The largest absolute Gasteiger partial charge is 0.447 e. The van der Waals surface area contributed by atoms with Crippen molar-refractivity contribution in [3.8, 4) is 0 Å². The first-order valence-corrected chi connectivity index (χ1v) is 12.7. The molecule has 14 nitrogen and oxygen atoms in total. The van der Waals surface area contributed by atoms with E-state index in [1.54, 1.807) is 0 Å². The lowest BCUT2D eigenvalue weighted by atomic mass is 9.79. The maximum atomic E-state index is 13.9. The molecule has 2 fully saturated rings. The number of halogens is 4. The van der Waals surface area contributed by atoms with Crippen LogP contribution in [0.1, 0.15) is 79.0 Å². The van der Waals surface area contributed by atoms with Crippen molar-refractivity contribution in [3.63, 3.8) is 0 Å². The van der Waals surface area contributed by atoms with Gasteiger partial charge in [0.2, 0.25) is 17.8 Å². The number of fused-ring (bicyclic) bond motifs is 1. The predicted octanol–water partition coefficient (Wildman–Crippen LogP) is 2.86. The van der Waals surface area contributed by atoms with Gasteiger partial charge in [0, 0.05) is 37.7 Å². The number of carbonyl (C=O) groups is 2. The summed E-state index contributed by atoms with van der Waals surface area (Å²) in [6, 6.07) is 0.407. The lowest BCUT2D eigenvalue weighted by Gasteiger charge is -2.34. The maximum absolute atomic E-state index is 13.9. The van der Waals surface area contributed by atoms with Gasteiger partial charge in [0.25, 0.3) is 11.6 Å². The quantitative estimate of drug-likeness (QED) is 0.146. The third-order valence-corrected chi connectivity index (χ3v) is 7.32. The standard InChI is InChI=1S/C23H24F4N8O6/c24-22(25)3-1-12(2-4-22)17(31-21(38)18-19(35(39)40)33-41-32-18)14-10-34-15(29-14)6-13(9-28-34)20(37)30-16(36)5-11-7-23(26,27)8-11/h6,9-12,17,20,37H,1-5,7-8H2,(H,30,36)(H,31,38)/t17-,20+/m0/s1. The molecule has 5 rings (SSSR count). The number of aliphatic hydroxyl groups excluding tert-OH is 1. The predicted molar refractivity (Wildman–Crippen MR) is 126 cm³/mol. The first kappa shape index (κ1) is 28.3. The number of nitro groups is 1. The van der Waals surface area contributed by atoms with E-state index in [4.69, 9.17) is 0 Å². The van der Waals surface area contributed by atoms with E-state index in [1.165, 1.54) is 23.0 Å². The highest BCUT2D eigenvalue weighted by Crippen LogP contribution is 2.44. The highest BCUT2D eigenvalue weighted by Gasteiger charge is 2.46. The molecule has 2 atom stereocenters. The van der Waals surface area contributed by atoms with Crippen LogP contribution < -0.4 is 10.6 Å². The Kier molecular flexibility index (Phi) is 7.35. The average molecular weight is 584 g/mol. The molecule has 0 radical (unpaired) electrons. The zero-order valence-corrected chi connectivity index (χ0v) is 21.2. The van der Waals surface area contributed by atoms with E-state index in [2.05, 4.69) is 35.7 Å². The molecule has 3 aromatic heterocycles. The number of aromatic nitrogens is 5. The molecule has 41 heavy (non-hydrogen) atoms. The maximum Gasteiger partial charge on any atom is 0.447 e. The van der Waals surface area contributed by atoms with Gasteiger partial charge in [0.1, 0.15) is 0 Å². The third kappa shape index (κ3) is 6.26. The van der Waals surface area contributed by atoms with Gasteiger partial charge in [-0.05, 0) is 40.8 Å². The summed E-state index contributed by atoms with van der Waals surface area (Å²) in [5.41, 5.74) is -0.209. The van der Waals surface area contributed by atoms with Crippen LogP contribution in [0.5, 0.6) is 0 Å². The molecule has 220 valence electrons. The van der Waals surface area contributed by atoms with Gasteiger partial charge < -0.3 is 25.9 Å². The summed E-state index contributed by atoms with van der Waals surface area (Å²) in [5, 5.41) is 37.0. The van der Waals surface area contributed by atoms with Gasteiger partial charge in [0.05, 0.1) is 24.1 Å². The lowest BCUT2D eigenvalue weighted by Crippen LogP contribution is -2.39. The minimum atomic E-state index is -2.87. The summed E-state index contributed by atoms with van der Waals surface area (Å²) >= 11 is 0. The van der Waals surface area contributed by atoms with E-state index in [0.717, 1.165) is 0 Å². The number of imidazole rings is 1. The second kappa shape index (κ2) is 10.6. The van der Waals surface area contributed by atoms with Crippen LogP contribution in [-0.2, 0) is 4.79 Å². The van der Waals surface area contributed by atoms with E-state index in [9.17, 15) is 42.4 Å². The zero-order chi connectivity index (χ0) is 29.5. The molecule has 2 aliphatic rings. The number of aliphatic hydroxyl groups is 1. The van der Waals surface area contributed by atoms with E-state index < -0.39 is 89.9 Å². The molecule has 0 spiro atoms. The van der Waals surface area contributed by atoms with Crippen molar-refractivity contribution in [3.05, 3.63) is 45.5 Å². The molecule has 0 aromatic carbocycles. The van der Waals surface area contributed by atoms with Crippen molar-refractivity contribution in [2.45, 2.75) is 69.1 Å². The number of amides is 2. The van der Waals surface area contributed by atoms with Crippen LogP contribution >= 0.6 is 0 Å². The topological polar surface area (TPSA) is 191 Å². The number of alkyl halides is 4. The van der Waals surface area contributed by atoms with E-state index in [1.807, 2.05) is 0 Å². The summed E-state index contributed by atoms with van der Waals surface area (Å²) in [5.74, 6) is -9.19. The van der Waals surface area contributed by atoms with Crippen LogP contribution in [-0.4, -0.2) is 58.6 Å². The molecule has 2 amide bonds. The van der Waals surface area contributed by atoms with Crippen LogP contribution in [0.15, 0.2) is 23.1 Å². The molecule has 2 saturated carbocycles. The first-order chi connectivity index (χ1) is 19.3. The van der Waals surface area contributed by atoms with Gasteiger partial charge in [-0.2, -0.15) is 5.10 Å². The van der Waals surface area contributed by atoms with Crippen LogP contribution in [0, 0.1) is 22.0 Å². The molecule has 3 N–H and O–H groups in total. The monoisotopic (exact) mass is 584 g/mol. The number of hydrogen-bond acceptors (Lipinski definition) is 10. The summed E-state index contributed by atoms with van der Waals surface area (Å²) in [6.45, 7) is 0. The fourth-order valence-corrected chi connectivity index (χ4v) is 5.18. The molecule has 2 aliphatic carbocycles. The van der Waals surface area contributed by atoms with Crippen molar-refractivity contribution in [1.29, 1.82) is 0 Å². The van der Waals surface area contributed by atoms with E-state index in [0.29, 0.717) is 0 Å². The van der Waals surface area contributed by atoms with Crippen molar-refractivity contribution in [2.24, 2.45) is 11.8 Å². The van der Waals surface area contributed by atoms with Gasteiger partial charge in [-0.3, -0.25) is 9.59 Å². The van der Waals surface area contributed by atoms with Crippen molar-refractivity contribution < 1.29 is 41.8 Å². The number of hydrogen-bond donors (Lipinski definition) is 3. The number of nitrogens with zero attached hydrogens (tertiary/aromatic N) is 6. The molecular formula is C23H24F4N8O6. The smallest absolute Gasteiger partial charge is 0.369 e. The van der Waals surface area contributed by atoms with Gasteiger partial charge in [-0.25, -0.2) is 27.1 Å². The highest BCUT2D eigenvalue weighted by molar-refractivity contribution is 5.95. The summed E-state index contributed by atoms with van der Waals surface area (Å²) in [4.78, 5) is 39.7. The molecule has 0 aliphatic heterocycles. The van der Waals surface area contributed by atoms with Crippen molar-refractivity contribution >= 4 is 23.3 Å². The fraction of sp³-hybridized carbons (Fsp3) is 0.565. The van der Waals surface area contributed by atoms with E-state index in [-0.39, 0.29) is 36.2 Å². The molecule has 3 aromatic rings. The van der Waals surface area contributed by atoms with Gasteiger partial charge >= 0.3 is 5.82 Å². The molecule has 18 heteroatoms. The number of carbonyl (C=O) groups excluding carboxylic acids is 2. The first-order valence-electron chi connectivity index (χ1n) is 12.7. The summed E-state index contributed by atoms with van der Waals surface area (Å²) < 4.78 is 59.4. The third-order valence-electron chi connectivity index (χ3n) is 7.32. The molecular weight excluding hydrogens is 560 g/mol. The van der Waals surface area contributed by atoms with Gasteiger partial charge in [-0.15, -0.1) is 4.63 Å². The van der Waals surface area contributed by atoms with Crippen LogP contribution in [0.4, 0.5) is 23.4 Å². The fourth-order valence-electron chi connectivity index (χ4n) is 5.18. The van der Waals surface area contributed by atoms with Crippen molar-refractivity contribution in [1.82, 2.24) is 35.5 Å². The molecule has 3 heterocycles. The van der Waals surface area contributed by atoms with Crippen LogP contribution in [0.2, 0.25) is 0 Å². The van der Waals surface area contributed by atoms with Crippen molar-refractivity contribution in [2.75, 3.05) is 0 Å². The Morgan fingerprint density at radius 2 is 1.88 bits per heavy atom. The minimum Gasteiger partial charge on any atom is -0.369 e. The molecule has 0 unspecified atom stereocenters. The Bertz CT molecular complexity index is 1460. The summed E-state index contributed by atoms with van der Waals surface area (Å²) in [6.07, 6.45) is -0.647. The average Bonchev–Trinajstić information content (AvgIpc) is 3.53. The Balaban J connectivity index is 1.35. The summed E-state index contributed by atoms with van der Waals surface area (Å²) in [7, 11) is 0.